The van der Waals surface area contributed by atoms with E-state index >= 15 is 0 Å². The average molecular weight is 245 g/mol. The highest BCUT2D eigenvalue weighted by Gasteiger charge is 2.04. The van der Waals surface area contributed by atoms with E-state index in [1.807, 2.05) is 33.0 Å². The van der Waals surface area contributed by atoms with E-state index in [1.165, 1.54) is 0 Å². The van der Waals surface area contributed by atoms with Crippen molar-refractivity contribution in [2.24, 2.45) is 10.8 Å². The Morgan fingerprint density at radius 2 is 2.00 bits per heavy atom. The average Bonchev–Trinajstić information content (AvgIpc) is 2.31. The van der Waals surface area contributed by atoms with Crippen molar-refractivity contribution >= 4 is 5.96 Å². The first-order valence-corrected chi connectivity index (χ1v) is 6.06. The predicted molar refractivity (Wildman–Crippen MR) is 71.9 cm³/mol. The highest BCUT2D eigenvalue weighted by molar-refractivity contribution is 5.79. The van der Waals surface area contributed by atoms with Gasteiger partial charge in [0.2, 0.25) is 5.96 Å². The summed E-state index contributed by atoms with van der Waals surface area (Å²) in [6, 6.07) is 0. The molecule has 0 aromatic heterocycles. The van der Waals surface area contributed by atoms with Gasteiger partial charge in [0.05, 0.1) is 0 Å². The van der Waals surface area contributed by atoms with Crippen LogP contribution in [0.25, 0.3) is 0 Å². The molecule has 17 heavy (non-hydrogen) atoms. The maximum Gasteiger partial charge on any atom is 0.208 e. The van der Waals surface area contributed by atoms with E-state index in [4.69, 9.17) is 10.6 Å². The number of hydrogen-bond donors (Lipinski definition) is 2. The molecular formula is C11H27N5O. The van der Waals surface area contributed by atoms with Crippen LogP contribution in [0.1, 0.15) is 13.3 Å². The summed E-state index contributed by atoms with van der Waals surface area (Å²) in [5.41, 5.74) is 2.63. The van der Waals surface area contributed by atoms with Crippen LogP contribution >= 0.6 is 0 Å². The summed E-state index contributed by atoms with van der Waals surface area (Å²) in [4.78, 5) is 8.54. The zero-order valence-corrected chi connectivity index (χ0v) is 11.6. The van der Waals surface area contributed by atoms with E-state index in [9.17, 15) is 0 Å². The molecule has 0 radical (unpaired) electrons. The molecule has 0 spiro atoms. The van der Waals surface area contributed by atoms with E-state index in [0.29, 0.717) is 0 Å². The first-order chi connectivity index (χ1) is 8.11. The Kier molecular flexibility index (Phi) is 9.80. The first-order valence-electron chi connectivity index (χ1n) is 6.06. The van der Waals surface area contributed by atoms with Gasteiger partial charge in [-0.15, -0.1) is 0 Å². The lowest BCUT2D eigenvalue weighted by Gasteiger charge is -2.22. The molecule has 0 fully saturated rings. The van der Waals surface area contributed by atoms with E-state index in [1.54, 1.807) is 0 Å². The Morgan fingerprint density at radius 1 is 1.29 bits per heavy atom. The van der Waals surface area contributed by atoms with Gasteiger partial charge in [0, 0.05) is 39.9 Å². The fourth-order valence-electron chi connectivity index (χ4n) is 1.23. The van der Waals surface area contributed by atoms with Crippen molar-refractivity contribution in [1.82, 2.24) is 15.2 Å². The number of likely N-dealkylation sites (N-methyl/N-ethyl adjacent to an activating group) is 2. The number of hydrazine groups is 1. The molecule has 6 heteroatoms. The van der Waals surface area contributed by atoms with Crippen molar-refractivity contribution in [3.05, 3.63) is 0 Å². The van der Waals surface area contributed by atoms with Gasteiger partial charge in [-0.3, -0.25) is 10.4 Å². The normalized spacial score (nSPS) is 12.0. The molecule has 6 nitrogen and oxygen atoms in total. The SMILES string of the molecule is CCOCCCN=C(NN)N(C)CCN(C)C. The van der Waals surface area contributed by atoms with Crippen LogP contribution in [0.15, 0.2) is 4.99 Å². The summed E-state index contributed by atoms with van der Waals surface area (Å²) in [7, 11) is 6.07. The lowest BCUT2D eigenvalue weighted by Crippen LogP contribution is -2.45. The molecule has 0 aliphatic heterocycles. The number of guanidine groups is 1. The summed E-state index contributed by atoms with van der Waals surface area (Å²) in [6.45, 7) is 6.09. The third-order valence-corrected chi connectivity index (χ3v) is 2.29. The number of rotatable bonds is 8. The zero-order chi connectivity index (χ0) is 13.1. The molecule has 0 atom stereocenters. The maximum absolute atomic E-state index is 5.45. The zero-order valence-electron chi connectivity index (χ0n) is 11.6. The highest BCUT2D eigenvalue weighted by atomic mass is 16.5. The van der Waals surface area contributed by atoms with Crippen molar-refractivity contribution in [3.63, 3.8) is 0 Å². The number of ether oxygens (including phenoxy) is 1. The van der Waals surface area contributed by atoms with Crippen LogP contribution in [-0.4, -0.2) is 69.8 Å². The lowest BCUT2D eigenvalue weighted by atomic mass is 10.4. The van der Waals surface area contributed by atoms with Gasteiger partial charge in [-0.1, -0.05) is 0 Å². The van der Waals surface area contributed by atoms with Gasteiger partial charge in [0.15, 0.2) is 0 Å². The fourth-order valence-corrected chi connectivity index (χ4v) is 1.23. The number of nitrogens with zero attached hydrogens (tertiary/aromatic N) is 3. The van der Waals surface area contributed by atoms with Gasteiger partial charge >= 0.3 is 0 Å². The fraction of sp³-hybridized carbons (Fsp3) is 0.909. The van der Waals surface area contributed by atoms with Gasteiger partial charge in [-0.2, -0.15) is 0 Å². The standard InChI is InChI=1S/C11H27N5O/c1-5-17-10-6-7-13-11(14-12)16(4)9-8-15(2)3/h5-10,12H2,1-4H3,(H,13,14). The Morgan fingerprint density at radius 3 is 2.53 bits per heavy atom. The Labute approximate surface area is 105 Å². The summed E-state index contributed by atoms with van der Waals surface area (Å²) >= 11 is 0. The van der Waals surface area contributed by atoms with E-state index in [0.717, 1.165) is 45.2 Å². The second-order valence-corrected chi connectivity index (χ2v) is 4.12. The minimum absolute atomic E-state index is 0.725. The molecule has 102 valence electrons. The topological polar surface area (TPSA) is 66.1 Å². The van der Waals surface area contributed by atoms with E-state index in [2.05, 4.69) is 15.3 Å². The van der Waals surface area contributed by atoms with Crippen LogP contribution < -0.4 is 11.3 Å². The lowest BCUT2D eigenvalue weighted by molar-refractivity contribution is 0.146. The molecule has 0 aromatic carbocycles. The minimum Gasteiger partial charge on any atom is -0.382 e. The molecule has 0 amide bonds. The molecule has 3 N–H and O–H groups in total. The minimum atomic E-state index is 0.725. The van der Waals surface area contributed by atoms with Gasteiger partial charge in [-0.25, -0.2) is 5.84 Å². The number of hydrogen-bond acceptors (Lipinski definition) is 4. The van der Waals surface area contributed by atoms with Gasteiger partial charge in [0.25, 0.3) is 0 Å². The van der Waals surface area contributed by atoms with Crippen LogP contribution in [0.3, 0.4) is 0 Å². The largest absolute Gasteiger partial charge is 0.382 e. The smallest absolute Gasteiger partial charge is 0.208 e. The van der Waals surface area contributed by atoms with Crippen molar-refractivity contribution < 1.29 is 4.74 Å². The molecule has 0 aliphatic carbocycles. The van der Waals surface area contributed by atoms with Gasteiger partial charge in [-0.05, 0) is 27.4 Å². The van der Waals surface area contributed by atoms with Crippen LogP contribution in [0.2, 0.25) is 0 Å². The van der Waals surface area contributed by atoms with E-state index in [-0.39, 0.29) is 0 Å². The summed E-state index contributed by atoms with van der Waals surface area (Å²) in [6.07, 6.45) is 0.917. The second-order valence-electron chi connectivity index (χ2n) is 4.12. The molecule has 0 aromatic rings. The molecule has 0 saturated heterocycles. The van der Waals surface area contributed by atoms with Crippen molar-refractivity contribution in [2.45, 2.75) is 13.3 Å². The summed E-state index contributed by atoms with van der Waals surface area (Å²) in [5, 5.41) is 0. The Hall–Kier alpha value is -0.850. The maximum atomic E-state index is 5.45. The number of nitrogens with two attached hydrogens (primary N) is 1. The quantitative estimate of drug-likeness (QED) is 0.202. The molecule has 0 bridgehead atoms. The highest BCUT2D eigenvalue weighted by Crippen LogP contribution is 1.89. The van der Waals surface area contributed by atoms with Gasteiger partial charge < -0.3 is 14.5 Å². The third-order valence-electron chi connectivity index (χ3n) is 2.29. The molecule has 0 aliphatic rings. The summed E-state index contributed by atoms with van der Waals surface area (Å²) < 4.78 is 5.25. The molecule has 0 saturated carbocycles. The third kappa shape index (κ3) is 8.91. The van der Waals surface area contributed by atoms with Crippen molar-refractivity contribution in [1.29, 1.82) is 0 Å². The predicted octanol–water partition coefficient (Wildman–Crippen LogP) is -0.274. The van der Waals surface area contributed by atoms with Crippen LogP contribution in [0, 0.1) is 0 Å². The number of aliphatic imine (C=N–C) groups is 1. The van der Waals surface area contributed by atoms with Crippen molar-refractivity contribution in [3.8, 4) is 0 Å². The Balaban J connectivity index is 3.89. The van der Waals surface area contributed by atoms with E-state index < -0.39 is 0 Å². The molecule has 0 unspecified atom stereocenters. The first kappa shape index (κ1) is 16.1. The second kappa shape index (κ2) is 10.3. The Bertz CT molecular complexity index is 208. The monoisotopic (exact) mass is 245 g/mol. The van der Waals surface area contributed by atoms with Crippen LogP contribution in [0.4, 0.5) is 0 Å². The summed E-state index contributed by atoms with van der Waals surface area (Å²) in [5.74, 6) is 6.18. The molecule has 0 heterocycles. The van der Waals surface area contributed by atoms with Crippen LogP contribution in [0.5, 0.6) is 0 Å². The molecule has 0 rings (SSSR count). The number of nitrogens with one attached hydrogen (secondary N) is 1. The van der Waals surface area contributed by atoms with Crippen molar-refractivity contribution in [2.75, 3.05) is 54.0 Å². The van der Waals surface area contributed by atoms with Crippen LogP contribution in [-0.2, 0) is 4.74 Å². The van der Waals surface area contributed by atoms with Gasteiger partial charge in [0.1, 0.15) is 0 Å². The molecular weight excluding hydrogens is 218 g/mol.